The average Bonchev–Trinajstić information content (AvgIpc) is 3.73. The number of nitrogens with one attached hydrogen (secondary N) is 1. The first kappa shape index (κ1) is 30.8. The van der Waals surface area contributed by atoms with Gasteiger partial charge in [-0.15, -0.1) is 0 Å². The molecular weight excluding hydrogens is 568 g/mol. The van der Waals surface area contributed by atoms with E-state index in [1.807, 2.05) is 20.1 Å². The van der Waals surface area contributed by atoms with E-state index in [9.17, 15) is 15.0 Å². The third-order valence-corrected chi connectivity index (χ3v) is 13.0. The van der Waals surface area contributed by atoms with Crippen LogP contribution in [0.5, 0.6) is 17.2 Å². The van der Waals surface area contributed by atoms with Gasteiger partial charge in [-0.1, -0.05) is 26.8 Å². The second-order valence-electron chi connectivity index (χ2n) is 16.0. The number of fused-ring (bicyclic) bond motifs is 2. The lowest BCUT2D eigenvalue weighted by atomic mass is 9.33. The molecule has 4 saturated carbocycles. The third-order valence-electron chi connectivity index (χ3n) is 13.0. The van der Waals surface area contributed by atoms with E-state index in [1.54, 1.807) is 12.1 Å². The van der Waals surface area contributed by atoms with Crippen LogP contribution in [0.4, 0.5) is 5.69 Å². The monoisotopic (exact) mass is 618 g/mol. The van der Waals surface area contributed by atoms with Gasteiger partial charge in [0.25, 0.3) is 0 Å². The summed E-state index contributed by atoms with van der Waals surface area (Å²) in [6.07, 6.45) is 7.64. The van der Waals surface area contributed by atoms with Crippen LogP contribution in [0.15, 0.2) is 36.4 Å². The van der Waals surface area contributed by atoms with Gasteiger partial charge in [-0.3, -0.25) is 9.69 Å². The first-order chi connectivity index (χ1) is 21.2. The van der Waals surface area contributed by atoms with Crippen molar-refractivity contribution >= 4 is 11.6 Å². The van der Waals surface area contributed by atoms with Crippen molar-refractivity contribution in [3.63, 3.8) is 0 Å². The molecule has 4 N–H and O–H groups in total. The number of nitrogens with zero attached hydrogens (tertiary/aromatic N) is 1. The summed E-state index contributed by atoms with van der Waals surface area (Å²) in [6.45, 7) is 12.2. The van der Waals surface area contributed by atoms with Gasteiger partial charge in [0.05, 0.1) is 5.60 Å². The number of methoxy groups -OCH3 is 1. The highest BCUT2D eigenvalue weighted by atomic mass is 16.6. The summed E-state index contributed by atoms with van der Waals surface area (Å²) in [5.74, 6) is 1.88. The molecule has 1 amide bonds. The van der Waals surface area contributed by atoms with E-state index in [0.29, 0.717) is 17.5 Å². The van der Waals surface area contributed by atoms with Gasteiger partial charge < -0.3 is 30.1 Å². The third kappa shape index (κ3) is 4.24. The predicted molar refractivity (Wildman–Crippen MR) is 173 cm³/mol. The van der Waals surface area contributed by atoms with Crippen LogP contribution in [0.2, 0.25) is 0 Å². The Kier molecular flexibility index (Phi) is 6.91. The van der Waals surface area contributed by atoms with Gasteiger partial charge >= 0.3 is 0 Å². The Bertz CT molecular complexity index is 1500. The number of aliphatic hydroxyl groups is 1. The van der Waals surface area contributed by atoms with Crippen molar-refractivity contribution in [2.75, 3.05) is 25.5 Å². The molecule has 5 aliphatic carbocycles. The van der Waals surface area contributed by atoms with Gasteiger partial charge in [-0.05, 0) is 106 Å². The fourth-order valence-corrected chi connectivity index (χ4v) is 10.3. The van der Waals surface area contributed by atoms with Crippen LogP contribution >= 0.6 is 0 Å². The Morgan fingerprint density at radius 1 is 1.07 bits per heavy atom. The van der Waals surface area contributed by atoms with Crippen molar-refractivity contribution in [2.45, 2.75) is 108 Å². The van der Waals surface area contributed by atoms with Gasteiger partial charge in [0.15, 0.2) is 11.5 Å². The van der Waals surface area contributed by atoms with E-state index >= 15 is 0 Å². The molecule has 0 aromatic heterocycles. The SMILES string of the molecule is CC(=O)Nc1ccc(O)cc1.CO[C@@]12CC[C@@]3(C[C@@H]1[C@](C)(O)C(C)(C)C)[C@H]1Cc4ccc(O)c5c4[C@@]3(CCN1CC1CC1)[C@H]2O5. The molecule has 8 nitrogen and oxygen atoms in total. The Balaban J connectivity index is 0.000000252. The highest BCUT2D eigenvalue weighted by Gasteiger charge is 2.82. The minimum absolute atomic E-state index is 0.0294. The Labute approximate surface area is 267 Å². The second-order valence-corrected chi connectivity index (χ2v) is 16.0. The van der Waals surface area contributed by atoms with Gasteiger partial charge in [-0.25, -0.2) is 0 Å². The number of phenolic OH excluding ortho intramolecular Hbond substituents is 2. The standard InChI is InChI=1S/C29H41NO4.C8H9NO2/c1-25(2,3)26(4,32)20-15-27-10-11-29(20,33-5)24-28(27)12-13-30(16-17-6-7-17)21(27)14-18-8-9-19(31)23(34-24)22(18)28;1-6(10)9-7-2-4-8(11)5-3-7/h8-9,17,20-21,24,31-32H,6-7,10-16H2,1-5H3;2-5,11H,1H3,(H,9,10)/t20-,21-,24-,26+,27-,28+,29+;/m1./s1. The first-order valence-corrected chi connectivity index (χ1v) is 16.8. The number of anilines is 1. The van der Waals surface area contributed by atoms with Gasteiger partial charge in [0, 0.05) is 54.6 Å². The van der Waals surface area contributed by atoms with Crippen LogP contribution < -0.4 is 10.1 Å². The van der Waals surface area contributed by atoms with E-state index < -0.39 is 11.2 Å². The summed E-state index contributed by atoms with van der Waals surface area (Å²) >= 11 is 0. The number of benzene rings is 2. The van der Waals surface area contributed by atoms with Crippen LogP contribution in [-0.2, 0) is 21.4 Å². The molecule has 2 heterocycles. The van der Waals surface area contributed by atoms with Crippen molar-refractivity contribution in [1.29, 1.82) is 0 Å². The lowest BCUT2D eigenvalue weighted by Gasteiger charge is -2.75. The molecule has 5 fully saturated rings. The quantitative estimate of drug-likeness (QED) is 0.315. The van der Waals surface area contributed by atoms with E-state index in [1.165, 1.54) is 49.6 Å². The van der Waals surface area contributed by atoms with Crippen molar-refractivity contribution in [3.05, 3.63) is 47.5 Å². The van der Waals surface area contributed by atoms with E-state index in [-0.39, 0.29) is 45.7 Å². The minimum Gasteiger partial charge on any atom is -0.508 e. The number of aromatic hydroxyl groups is 2. The summed E-state index contributed by atoms with van der Waals surface area (Å²) in [5.41, 5.74) is 1.47. The number of carbonyl (C=O) groups excluding carboxylic acids is 1. The zero-order valence-corrected chi connectivity index (χ0v) is 27.7. The van der Waals surface area contributed by atoms with Crippen molar-refractivity contribution < 1.29 is 29.6 Å². The van der Waals surface area contributed by atoms with Crippen LogP contribution in [0, 0.1) is 22.7 Å². The summed E-state index contributed by atoms with van der Waals surface area (Å²) in [5, 5.41) is 34.6. The fourth-order valence-electron chi connectivity index (χ4n) is 10.3. The van der Waals surface area contributed by atoms with Crippen LogP contribution in [-0.4, -0.2) is 69.7 Å². The maximum absolute atomic E-state index is 12.2. The second kappa shape index (κ2) is 10.1. The Hall–Kier alpha value is -2.81. The number of rotatable bonds is 5. The van der Waals surface area contributed by atoms with Gasteiger partial charge in [-0.2, -0.15) is 0 Å². The lowest BCUT2D eigenvalue weighted by molar-refractivity contribution is -0.312. The first-order valence-electron chi connectivity index (χ1n) is 16.8. The average molecular weight is 619 g/mol. The molecule has 0 unspecified atom stereocenters. The highest BCUT2D eigenvalue weighted by Crippen LogP contribution is 2.78. The molecule has 2 aliphatic heterocycles. The van der Waals surface area contributed by atoms with E-state index in [0.717, 1.165) is 44.6 Å². The molecule has 4 bridgehead atoms. The summed E-state index contributed by atoms with van der Waals surface area (Å²) in [4.78, 5) is 13.3. The molecule has 0 radical (unpaired) electrons. The summed E-state index contributed by atoms with van der Waals surface area (Å²) in [6, 6.07) is 10.8. The molecule has 2 aromatic rings. The van der Waals surface area contributed by atoms with Gasteiger partial charge in [0.2, 0.25) is 5.91 Å². The molecular formula is C37H50N2O6. The van der Waals surface area contributed by atoms with Crippen molar-refractivity contribution in [2.24, 2.45) is 22.7 Å². The number of amides is 1. The number of phenols is 2. The lowest BCUT2D eigenvalue weighted by Crippen LogP contribution is -2.83. The number of hydrogen-bond acceptors (Lipinski definition) is 7. The number of piperidine rings is 1. The molecule has 7 atom stereocenters. The fraction of sp³-hybridized carbons (Fsp3) is 0.649. The predicted octanol–water partition coefficient (Wildman–Crippen LogP) is 5.76. The molecule has 2 aromatic carbocycles. The maximum Gasteiger partial charge on any atom is 0.221 e. The topological polar surface area (TPSA) is 111 Å². The zero-order chi connectivity index (χ0) is 32.2. The molecule has 9 rings (SSSR count). The smallest absolute Gasteiger partial charge is 0.221 e. The van der Waals surface area contributed by atoms with Gasteiger partial charge in [0.1, 0.15) is 17.5 Å². The minimum atomic E-state index is -0.909. The summed E-state index contributed by atoms with van der Waals surface area (Å²) < 4.78 is 13.5. The Morgan fingerprint density at radius 3 is 2.40 bits per heavy atom. The van der Waals surface area contributed by atoms with Crippen molar-refractivity contribution in [3.8, 4) is 17.2 Å². The molecule has 7 aliphatic rings. The van der Waals surface area contributed by atoms with Crippen molar-refractivity contribution in [1.82, 2.24) is 4.90 Å². The number of hydrogen-bond donors (Lipinski definition) is 4. The molecule has 244 valence electrons. The largest absolute Gasteiger partial charge is 0.508 e. The maximum atomic E-state index is 12.2. The van der Waals surface area contributed by atoms with Crippen LogP contribution in [0.3, 0.4) is 0 Å². The van der Waals surface area contributed by atoms with E-state index in [2.05, 4.69) is 37.1 Å². The van der Waals surface area contributed by atoms with Crippen LogP contribution in [0.1, 0.15) is 84.3 Å². The van der Waals surface area contributed by atoms with Crippen LogP contribution in [0.25, 0.3) is 0 Å². The molecule has 8 heteroatoms. The normalized spacial score (nSPS) is 35.4. The number of ether oxygens (including phenoxy) is 2. The highest BCUT2D eigenvalue weighted by molar-refractivity contribution is 5.88. The number of carbonyl (C=O) groups is 1. The molecule has 1 saturated heterocycles. The zero-order valence-electron chi connectivity index (χ0n) is 27.7. The number of likely N-dealkylation sites (tertiary alicyclic amines) is 1. The molecule has 45 heavy (non-hydrogen) atoms. The Morgan fingerprint density at radius 2 is 1.78 bits per heavy atom. The van der Waals surface area contributed by atoms with E-state index in [4.69, 9.17) is 14.6 Å². The molecule has 2 spiro atoms. The summed E-state index contributed by atoms with van der Waals surface area (Å²) in [7, 11) is 1.83.